The molecule has 4 aliphatic heterocycles. The maximum absolute atomic E-state index is 6.15. The third-order valence-electron chi connectivity index (χ3n) is 4.60. The molecule has 0 aliphatic carbocycles. The second kappa shape index (κ2) is 3.47. The van der Waals surface area contributed by atoms with Gasteiger partial charge in [-0.2, -0.15) is 0 Å². The zero-order chi connectivity index (χ0) is 11.4. The van der Waals surface area contributed by atoms with Crippen LogP contribution in [0.1, 0.15) is 18.2 Å². The lowest BCUT2D eigenvalue weighted by Gasteiger charge is -2.58. The van der Waals surface area contributed by atoms with E-state index in [1.807, 2.05) is 12.1 Å². The number of hydrogen-bond donors (Lipinski definition) is 1. The van der Waals surface area contributed by atoms with E-state index in [9.17, 15) is 0 Å². The summed E-state index contributed by atoms with van der Waals surface area (Å²) < 4.78 is 0. The number of hydrogen-bond acceptors (Lipinski definition) is 3. The number of benzene rings is 1. The molecule has 4 fully saturated rings. The van der Waals surface area contributed by atoms with Gasteiger partial charge >= 0.3 is 0 Å². The van der Waals surface area contributed by atoms with Crippen LogP contribution in [-0.2, 0) is 0 Å². The van der Waals surface area contributed by atoms with Crippen LogP contribution in [0.15, 0.2) is 24.3 Å². The molecule has 0 radical (unpaired) electrons. The molecule has 0 aromatic heterocycles. The summed E-state index contributed by atoms with van der Waals surface area (Å²) in [4.78, 5) is 5.27. The summed E-state index contributed by atoms with van der Waals surface area (Å²) in [5.74, 6) is 1.81. The lowest BCUT2D eigenvalue weighted by molar-refractivity contribution is -0.125. The third-order valence-corrected chi connectivity index (χ3v) is 4.60. The molecule has 90 valence electrons. The Hall–Kier alpha value is -1.06. The fourth-order valence-electron chi connectivity index (χ4n) is 4.13. The summed E-state index contributed by atoms with van der Waals surface area (Å²) in [6.45, 7) is 5.08. The lowest BCUT2D eigenvalue weighted by atomic mass is 9.80. The van der Waals surface area contributed by atoms with Crippen molar-refractivity contribution >= 4 is 5.69 Å². The summed E-state index contributed by atoms with van der Waals surface area (Å²) in [7, 11) is 0. The van der Waals surface area contributed by atoms with Gasteiger partial charge in [0, 0.05) is 37.4 Å². The summed E-state index contributed by atoms with van der Waals surface area (Å²) in [5, 5.41) is 0. The third kappa shape index (κ3) is 1.42. The SMILES string of the molecule is Nc1ccccc1C1N2CC3CC(C2)CN1C3. The van der Waals surface area contributed by atoms with Gasteiger partial charge in [-0.3, -0.25) is 9.80 Å². The molecule has 4 aliphatic rings. The Balaban J connectivity index is 1.73. The highest BCUT2D eigenvalue weighted by Crippen LogP contribution is 2.44. The molecule has 3 nitrogen and oxygen atoms in total. The molecule has 1 aromatic rings. The van der Waals surface area contributed by atoms with Crippen LogP contribution >= 0.6 is 0 Å². The van der Waals surface area contributed by atoms with Crippen LogP contribution in [0.4, 0.5) is 5.69 Å². The van der Waals surface area contributed by atoms with Crippen molar-refractivity contribution in [1.82, 2.24) is 9.80 Å². The van der Waals surface area contributed by atoms with E-state index in [4.69, 9.17) is 5.73 Å². The first kappa shape index (κ1) is 9.92. The molecule has 5 rings (SSSR count). The topological polar surface area (TPSA) is 32.5 Å². The number of nitrogens with two attached hydrogens (primary N) is 1. The number of rotatable bonds is 1. The second-order valence-electron chi connectivity index (χ2n) is 5.88. The van der Waals surface area contributed by atoms with Crippen LogP contribution < -0.4 is 5.73 Å². The first-order valence-electron chi connectivity index (χ1n) is 6.64. The Morgan fingerprint density at radius 2 is 1.53 bits per heavy atom. The summed E-state index contributed by atoms with van der Waals surface area (Å²) in [6, 6.07) is 8.36. The van der Waals surface area contributed by atoms with Crippen molar-refractivity contribution in [2.75, 3.05) is 31.9 Å². The van der Waals surface area contributed by atoms with E-state index >= 15 is 0 Å². The van der Waals surface area contributed by atoms with Gasteiger partial charge in [-0.1, -0.05) is 18.2 Å². The Morgan fingerprint density at radius 3 is 2.12 bits per heavy atom. The molecule has 0 atom stereocenters. The predicted octanol–water partition coefficient (Wildman–Crippen LogP) is 1.53. The molecule has 0 spiro atoms. The smallest absolute Gasteiger partial charge is 0.0906 e. The molecular formula is C14H19N3. The van der Waals surface area contributed by atoms with Gasteiger partial charge in [-0.15, -0.1) is 0 Å². The van der Waals surface area contributed by atoms with Crippen LogP contribution in [0, 0.1) is 11.8 Å². The average molecular weight is 229 g/mol. The van der Waals surface area contributed by atoms with Crippen molar-refractivity contribution in [3.63, 3.8) is 0 Å². The minimum Gasteiger partial charge on any atom is -0.398 e. The largest absolute Gasteiger partial charge is 0.398 e. The molecule has 0 amide bonds. The fraction of sp³-hybridized carbons (Fsp3) is 0.571. The first-order chi connectivity index (χ1) is 8.31. The van der Waals surface area contributed by atoms with Gasteiger partial charge in [0.15, 0.2) is 0 Å². The number of nitrogens with zero attached hydrogens (tertiary/aromatic N) is 2. The maximum atomic E-state index is 6.15. The number of piperidine rings is 2. The monoisotopic (exact) mass is 229 g/mol. The minimum absolute atomic E-state index is 0.448. The Bertz CT molecular complexity index is 415. The van der Waals surface area contributed by atoms with Crippen molar-refractivity contribution in [2.45, 2.75) is 12.6 Å². The molecule has 0 saturated carbocycles. The van der Waals surface area contributed by atoms with E-state index in [0.29, 0.717) is 6.17 Å². The lowest BCUT2D eigenvalue weighted by Crippen LogP contribution is -2.63. The van der Waals surface area contributed by atoms with Crippen LogP contribution in [0.5, 0.6) is 0 Å². The number of nitrogen functional groups attached to an aromatic ring is 1. The van der Waals surface area contributed by atoms with Crippen molar-refractivity contribution < 1.29 is 0 Å². The van der Waals surface area contributed by atoms with E-state index in [2.05, 4.69) is 21.9 Å². The van der Waals surface area contributed by atoms with E-state index in [-0.39, 0.29) is 0 Å². The van der Waals surface area contributed by atoms with E-state index in [1.165, 1.54) is 38.2 Å². The van der Waals surface area contributed by atoms with Gasteiger partial charge in [0.25, 0.3) is 0 Å². The number of para-hydroxylation sites is 1. The van der Waals surface area contributed by atoms with E-state index < -0.39 is 0 Å². The molecule has 4 bridgehead atoms. The molecule has 2 N–H and O–H groups in total. The Labute approximate surface area is 102 Å². The summed E-state index contributed by atoms with van der Waals surface area (Å²) in [5.41, 5.74) is 8.41. The molecule has 4 heterocycles. The Morgan fingerprint density at radius 1 is 0.941 bits per heavy atom. The van der Waals surface area contributed by atoms with Gasteiger partial charge < -0.3 is 5.73 Å². The van der Waals surface area contributed by atoms with Crippen LogP contribution in [0.3, 0.4) is 0 Å². The molecule has 1 aromatic carbocycles. The maximum Gasteiger partial charge on any atom is 0.0906 e. The van der Waals surface area contributed by atoms with E-state index in [1.54, 1.807) is 0 Å². The summed E-state index contributed by atoms with van der Waals surface area (Å²) in [6.07, 6.45) is 1.90. The van der Waals surface area contributed by atoms with Crippen LogP contribution in [-0.4, -0.2) is 36.0 Å². The Kier molecular flexibility index (Phi) is 2.02. The van der Waals surface area contributed by atoms with Crippen molar-refractivity contribution in [3.05, 3.63) is 29.8 Å². The quantitative estimate of drug-likeness (QED) is 0.741. The van der Waals surface area contributed by atoms with Crippen molar-refractivity contribution in [2.24, 2.45) is 11.8 Å². The van der Waals surface area contributed by atoms with Crippen molar-refractivity contribution in [1.29, 1.82) is 0 Å². The highest BCUT2D eigenvalue weighted by atomic mass is 15.4. The zero-order valence-corrected chi connectivity index (χ0v) is 10.0. The fourth-order valence-corrected chi connectivity index (χ4v) is 4.13. The van der Waals surface area contributed by atoms with Gasteiger partial charge in [0.05, 0.1) is 6.17 Å². The van der Waals surface area contributed by atoms with Gasteiger partial charge in [-0.25, -0.2) is 0 Å². The minimum atomic E-state index is 0.448. The molecule has 3 heteroatoms. The average Bonchev–Trinajstić information content (AvgIpc) is 2.30. The highest BCUT2D eigenvalue weighted by molar-refractivity contribution is 5.48. The summed E-state index contributed by atoms with van der Waals surface area (Å²) >= 11 is 0. The molecule has 4 saturated heterocycles. The van der Waals surface area contributed by atoms with Crippen LogP contribution in [0.2, 0.25) is 0 Å². The first-order valence-corrected chi connectivity index (χ1v) is 6.64. The van der Waals surface area contributed by atoms with Crippen molar-refractivity contribution in [3.8, 4) is 0 Å². The highest BCUT2D eigenvalue weighted by Gasteiger charge is 2.46. The molecule has 17 heavy (non-hydrogen) atoms. The normalized spacial score (nSPS) is 42.9. The van der Waals surface area contributed by atoms with Gasteiger partial charge in [0.2, 0.25) is 0 Å². The predicted molar refractivity (Wildman–Crippen MR) is 68.3 cm³/mol. The van der Waals surface area contributed by atoms with Gasteiger partial charge in [-0.05, 0) is 24.3 Å². The zero-order valence-electron chi connectivity index (χ0n) is 10.0. The molecule has 0 unspecified atom stereocenters. The molecular weight excluding hydrogens is 210 g/mol. The second-order valence-corrected chi connectivity index (χ2v) is 5.88. The standard InChI is InChI=1S/C14H19N3/c15-13-4-2-1-3-12(13)14-16-6-10-5-11(8-16)9-17(14)7-10/h1-4,10-11,14H,5-9,15H2. The number of anilines is 1. The van der Waals surface area contributed by atoms with Crippen LogP contribution in [0.25, 0.3) is 0 Å². The van der Waals surface area contributed by atoms with Gasteiger partial charge in [0.1, 0.15) is 0 Å². The van der Waals surface area contributed by atoms with E-state index in [0.717, 1.165) is 17.5 Å².